The van der Waals surface area contributed by atoms with Gasteiger partial charge in [-0.25, -0.2) is 4.98 Å². The summed E-state index contributed by atoms with van der Waals surface area (Å²) in [5, 5.41) is 2.59. The molecule has 0 radical (unpaired) electrons. The minimum absolute atomic E-state index is 0.937. The van der Waals surface area contributed by atoms with E-state index in [1.165, 1.54) is 21.9 Å². The van der Waals surface area contributed by atoms with Crippen molar-refractivity contribution >= 4 is 10.8 Å². The van der Waals surface area contributed by atoms with Gasteiger partial charge in [-0.15, -0.1) is 0 Å². The molecule has 0 unspecified atom stereocenters. The Kier molecular flexibility index (Phi) is 1.98. The van der Waals surface area contributed by atoms with Crippen LogP contribution in [-0.2, 0) is 0 Å². The van der Waals surface area contributed by atoms with Crippen molar-refractivity contribution in [1.29, 1.82) is 0 Å². The van der Waals surface area contributed by atoms with Crippen molar-refractivity contribution in [3.8, 4) is 33.9 Å². The molecule has 1 aliphatic carbocycles. The molecule has 0 spiro atoms. The number of H-pyrrole nitrogens is 1. The molecule has 4 aromatic rings. The number of nitrogens with one attached hydrogen (secondary N) is 1. The van der Waals surface area contributed by atoms with Gasteiger partial charge in [0, 0.05) is 22.1 Å². The Labute approximate surface area is 122 Å². The van der Waals surface area contributed by atoms with Gasteiger partial charge in [0.25, 0.3) is 0 Å². The summed E-state index contributed by atoms with van der Waals surface area (Å²) < 4.78 is 0. The van der Waals surface area contributed by atoms with Crippen LogP contribution < -0.4 is 0 Å². The molecule has 1 N–H and O–H groups in total. The minimum Gasteiger partial charge on any atom is -0.337 e. The van der Waals surface area contributed by atoms with Crippen molar-refractivity contribution in [2.24, 2.45) is 0 Å². The highest BCUT2D eigenvalue weighted by molar-refractivity contribution is 6.13. The van der Waals surface area contributed by atoms with Crippen molar-refractivity contribution in [1.82, 2.24) is 9.97 Å². The first-order chi connectivity index (χ1) is 10.4. The third kappa shape index (κ3) is 1.39. The van der Waals surface area contributed by atoms with Gasteiger partial charge >= 0.3 is 0 Å². The fraction of sp³-hybridized carbons (Fsp3) is 0. The maximum absolute atomic E-state index is 4.85. The summed E-state index contributed by atoms with van der Waals surface area (Å²) >= 11 is 0. The lowest BCUT2D eigenvalue weighted by Gasteiger charge is -2.02. The van der Waals surface area contributed by atoms with E-state index in [4.69, 9.17) is 4.98 Å². The number of benzene rings is 3. The van der Waals surface area contributed by atoms with Gasteiger partial charge in [-0.1, -0.05) is 66.7 Å². The van der Waals surface area contributed by atoms with Crippen molar-refractivity contribution in [2.45, 2.75) is 0 Å². The molecular formula is C19H12N2. The zero-order valence-corrected chi connectivity index (χ0v) is 11.3. The van der Waals surface area contributed by atoms with Crippen LogP contribution in [0.25, 0.3) is 44.7 Å². The average Bonchev–Trinajstić information content (AvgIpc) is 3.10. The van der Waals surface area contributed by atoms with E-state index in [1.807, 2.05) is 18.2 Å². The molecule has 5 rings (SSSR count). The molecule has 1 heterocycles. The number of rotatable bonds is 1. The molecule has 21 heavy (non-hydrogen) atoms. The Morgan fingerprint density at radius 1 is 0.714 bits per heavy atom. The molecule has 2 nitrogen and oxygen atoms in total. The molecule has 0 amide bonds. The summed E-state index contributed by atoms with van der Waals surface area (Å²) in [6.07, 6.45) is 0. The van der Waals surface area contributed by atoms with Crippen molar-refractivity contribution in [2.75, 3.05) is 0 Å². The molecule has 3 aromatic carbocycles. The number of aromatic nitrogens is 2. The van der Waals surface area contributed by atoms with E-state index in [1.54, 1.807) is 0 Å². The lowest BCUT2D eigenvalue weighted by molar-refractivity contribution is 1.31. The molecule has 0 bridgehead atoms. The van der Waals surface area contributed by atoms with Crippen LogP contribution >= 0.6 is 0 Å². The third-order valence-corrected chi connectivity index (χ3v) is 4.18. The SMILES string of the molecule is c1ccc(-c2nc3c([nH]2)-c2cccc4cccc-3c24)cc1. The van der Waals surface area contributed by atoms with Gasteiger partial charge in [0.15, 0.2) is 0 Å². The fourth-order valence-corrected chi connectivity index (χ4v) is 3.24. The van der Waals surface area contributed by atoms with Crippen LogP contribution in [0.2, 0.25) is 0 Å². The zero-order chi connectivity index (χ0) is 13.8. The maximum atomic E-state index is 4.85. The van der Waals surface area contributed by atoms with Crippen molar-refractivity contribution in [3.63, 3.8) is 0 Å². The topological polar surface area (TPSA) is 28.7 Å². The smallest absolute Gasteiger partial charge is 0.138 e. The summed E-state index contributed by atoms with van der Waals surface area (Å²) in [6.45, 7) is 0. The van der Waals surface area contributed by atoms with Gasteiger partial charge in [-0.2, -0.15) is 0 Å². The molecule has 1 aliphatic rings. The second kappa shape index (κ2) is 3.83. The lowest BCUT2D eigenvalue weighted by atomic mass is 10.0. The molecular weight excluding hydrogens is 256 g/mol. The first-order valence-electron chi connectivity index (χ1n) is 7.10. The Morgan fingerprint density at radius 2 is 1.48 bits per heavy atom. The van der Waals surface area contributed by atoms with Gasteiger partial charge < -0.3 is 4.98 Å². The van der Waals surface area contributed by atoms with E-state index in [2.05, 4.69) is 53.5 Å². The summed E-state index contributed by atoms with van der Waals surface area (Å²) in [7, 11) is 0. The summed E-state index contributed by atoms with van der Waals surface area (Å²) in [5.74, 6) is 0.937. The highest BCUT2D eigenvalue weighted by atomic mass is 14.9. The lowest BCUT2D eigenvalue weighted by Crippen LogP contribution is -1.82. The Balaban J connectivity index is 1.82. The molecule has 0 atom stereocenters. The van der Waals surface area contributed by atoms with Crippen LogP contribution in [0.4, 0.5) is 0 Å². The number of nitrogens with zero attached hydrogens (tertiary/aromatic N) is 1. The monoisotopic (exact) mass is 268 g/mol. The first kappa shape index (κ1) is 10.9. The standard InChI is InChI=1S/C19H12N2/c1-2-6-13(7-3-1)19-20-17-14-10-4-8-12-9-5-11-15(16(12)14)18(17)21-19/h1-11H,(H,20,21). The summed E-state index contributed by atoms with van der Waals surface area (Å²) in [5.41, 5.74) is 5.82. The van der Waals surface area contributed by atoms with Gasteiger partial charge in [-0.05, 0) is 5.39 Å². The maximum Gasteiger partial charge on any atom is 0.138 e. The Hall–Kier alpha value is -2.87. The number of imidazole rings is 1. The normalized spacial score (nSPS) is 11.8. The molecule has 98 valence electrons. The first-order valence-corrected chi connectivity index (χ1v) is 7.10. The van der Waals surface area contributed by atoms with E-state index in [9.17, 15) is 0 Å². The molecule has 0 saturated carbocycles. The van der Waals surface area contributed by atoms with Crippen LogP contribution in [0.15, 0.2) is 66.7 Å². The number of hydrogen-bond acceptors (Lipinski definition) is 1. The molecule has 1 aromatic heterocycles. The fourth-order valence-electron chi connectivity index (χ4n) is 3.24. The molecule has 0 fully saturated rings. The second-order valence-electron chi connectivity index (χ2n) is 5.38. The van der Waals surface area contributed by atoms with Crippen LogP contribution in [0, 0.1) is 0 Å². The van der Waals surface area contributed by atoms with Gasteiger partial charge in [0.1, 0.15) is 5.82 Å². The second-order valence-corrected chi connectivity index (χ2v) is 5.38. The van der Waals surface area contributed by atoms with Gasteiger partial charge in [0.05, 0.1) is 11.4 Å². The van der Waals surface area contributed by atoms with E-state index in [-0.39, 0.29) is 0 Å². The van der Waals surface area contributed by atoms with Gasteiger partial charge in [0.2, 0.25) is 0 Å². The predicted molar refractivity (Wildman–Crippen MR) is 86.0 cm³/mol. The number of fused-ring (bicyclic) bond motifs is 3. The third-order valence-electron chi connectivity index (χ3n) is 4.18. The van der Waals surface area contributed by atoms with Crippen molar-refractivity contribution < 1.29 is 0 Å². The van der Waals surface area contributed by atoms with E-state index < -0.39 is 0 Å². The van der Waals surface area contributed by atoms with E-state index in [0.717, 1.165) is 22.8 Å². The largest absolute Gasteiger partial charge is 0.337 e. The summed E-state index contributed by atoms with van der Waals surface area (Å²) in [6, 6.07) is 23.1. The number of hydrogen-bond donors (Lipinski definition) is 1. The van der Waals surface area contributed by atoms with Crippen molar-refractivity contribution in [3.05, 3.63) is 66.7 Å². The van der Waals surface area contributed by atoms with Crippen LogP contribution in [-0.4, -0.2) is 9.97 Å². The Morgan fingerprint density at radius 3 is 2.29 bits per heavy atom. The predicted octanol–water partition coefficient (Wildman–Crippen LogP) is 4.88. The average molecular weight is 268 g/mol. The van der Waals surface area contributed by atoms with E-state index in [0.29, 0.717) is 0 Å². The van der Waals surface area contributed by atoms with Crippen LogP contribution in [0.3, 0.4) is 0 Å². The zero-order valence-electron chi connectivity index (χ0n) is 11.3. The summed E-state index contributed by atoms with van der Waals surface area (Å²) in [4.78, 5) is 8.35. The molecule has 0 saturated heterocycles. The minimum atomic E-state index is 0.937. The highest BCUT2D eigenvalue weighted by Crippen LogP contribution is 2.46. The Bertz CT molecular complexity index is 925. The van der Waals surface area contributed by atoms with Crippen LogP contribution in [0.1, 0.15) is 0 Å². The van der Waals surface area contributed by atoms with Gasteiger partial charge in [-0.3, -0.25) is 0 Å². The van der Waals surface area contributed by atoms with E-state index >= 15 is 0 Å². The number of aromatic amines is 1. The highest BCUT2D eigenvalue weighted by Gasteiger charge is 2.25. The molecule has 0 aliphatic heterocycles. The van der Waals surface area contributed by atoms with Crippen LogP contribution in [0.5, 0.6) is 0 Å². The quantitative estimate of drug-likeness (QED) is 0.461. The molecule has 2 heteroatoms.